The Labute approximate surface area is 134 Å². The summed E-state index contributed by atoms with van der Waals surface area (Å²) in [6, 6.07) is 0. The first kappa shape index (κ1) is 15.0. The summed E-state index contributed by atoms with van der Waals surface area (Å²) in [5.41, 5.74) is -0.519. The summed E-state index contributed by atoms with van der Waals surface area (Å²) < 4.78 is 0. The van der Waals surface area contributed by atoms with E-state index in [-0.39, 0.29) is 16.9 Å². The summed E-state index contributed by atoms with van der Waals surface area (Å²) in [6.07, 6.45) is 14.2. The van der Waals surface area contributed by atoms with Crippen molar-refractivity contribution in [2.45, 2.75) is 76.9 Å². The van der Waals surface area contributed by atoms with Crippen LogP contribution in [-0.4, -0.2) is 21.9 Å². The van der Waals surface area contributed by atoms with Crippen molar-refractivity contribution < 1.29 is 10.2 Å². The largest absolute Gasteiger partial charge is 0.393 e. The zero-order valence-corrected chi connectivity index (χ0v) is 14.0. The molecule has 0 bridgehead atoms. The predicted octanol–water partition coefficient (Wildman–Crippen LogP) is 3.36. The molecule has 0 aromatic heterocycles. The van der Waals surface area contributed by atoms with Crippen LogP contribution < -0.4 is 0 Å². The Morgan fingerprint density at radius 3 is 2.45 bits per heavy atom. The lowest BCUT2D eigenvalue weighted by Crippen LogP contribution is -2.51. The third-order valence-electron chi connectivity index (χ3n) is 8.54. The van der Waals surface area contributed by atoms with Gasteiger partial charge in [-0.15, -0.1) is 6.42 Å². The lowest BCUT2D eigenvalue weighted by molar-refractivity contribution is -0.101. The first-order valence-electron chi connectivity index (χ1n) is 9.21. The first-order valence-corrected chi connectivity index (χ1v) is 9.21. The van der Waals surface area contributed by atoms with E-state index < -0.39 is 5.60 Å². The fourth-order valence-electron chi connectivity index (χ4n) is 7.34. The molecule has 2 nitrogen and oxygen atoms in total. The normalized spacial score (nSPS) is 60.2. The molecule has 0 spiro atoms. The summed E-state index contributed by atoms with van der Waals surface area (Å²) in [7, 11) is 0. The standard InChI is InChI=1S/C20H30O2/c1-4-20(22)11-13-5-6-14-15-7-8-17(21)18(15,2)10-9-16(14)19(13,3)12-20/h1,13-17,21-22H,5-12H2,2-3H3/t13?,14?,15?,16?,17-,18?,19?,20+/m0/s1. The van der Waals surface area contributed by atoms with Crippen LogP contribution in [0.15, 0.2) is 0 Å². The third kappa shape index (κ3) is 1.76. The van der Waals surface area contributed by atoms with Crippen molar-refractivity contribution in [2.24, 2.45) is 34.5 Å². The van der Waals surface area contributed by atoms with E-state index in [4.69, 9.17) is 6.42 Å². The highest BCUT2D eigenvalue weighted by Crippen LogP contribution is 2.68. The Hall–Kier alpha value is -0.520. The molecule has 2 heteroatoms. The number of fused-ring (bicyclic) bond motifs is 5. The van der Waals surface area contributed by atoms with Crippen LogP contribution in [0.3, 0.4) is 0 Å². The van der Waals surface area contributed by atoms with Gasteiger partial charge in [0, 0.05) is 0 Å². The van der Waals surface area contributed by atoms with Gasteiger partial charge in [-0.3, -0.25) is 0 Å². The van der Waals surface area contributed by atoms with E-state index in [1.165, 1.54) is 25.7 Å². The lowest BCUT2D eigenvalue weighted by Gasteiger charge is -2.57. The molecule has 0 saturated heterocycles. The number of rotatable bonds is 0. The molecule has 4 rings (SSSR count). The van der Waals surface area contributed by atoms with Crippen LogP contribution in [0.4, 0.5) is 0 Å². The van der Waals surface area contributed by atoms with Gasteiger partial charge in [0.05, 0.1) is 6.10 Å². The first-order chi connectivity index (χ1) is 10.3. The summed E-state index contributed by atoms with van der Waals surface area (Å²) in [5.74, 6) is 5.39. The molecule has 0 heterocycles. The molecule has 22 heavy (non-hydrogen) atoms. The van der Waals surface area contributed by atoms with Crippen molar-refractivity contribution >= 4 is 0 Å². The molecule has 8 atom stereocenters. The Morgan fingerprint density at radius 1 is 1.00 bits per heavy atom. The van der Waals surface area contributed by atoms with Crippen molar-refractivity contribution in [1.29, 1.82) is 0 Å². The number of terminal acetylenes is 1. The maximum absolute atomic E-state index is 10.7. The Bertz CT molecular complexity index is 522. The third-order valence-corrected chi connectivity index (χ3v) is 8.54. The van der Waals surface area contributed by atoms with Crippen LogP contribution >= 0.6 is 0 Å². The highest BCUT2D eigenvalue weighted by molar-refractivity contribution is 5.20. The molecular formula is C20H30O2. The van der Waals surface area contributed by atoms with Gasteiger partial charge in [0.2, 0.25) is 0 Å². The second-order valence-corrected chi connectivity index (χ2v) is 9.35. The molecule has 0 aromatic carbocycles. The lowest BCUT2D eigenvalue weighted by atomic mass is 9.48. The maximum atomic E-state index is 10.7. The number of aliphatic hydroxyl groups excluding tert-OH is 1. The quantitative estimate of drug-likeness (QED) is 0.674. The van der Waals surface area contributed by atoms with Gasteiger partial charge in [0.15, 0.2) is 0 Å². The summed E-state index contributed by atoms with van der Waals surface area (Å²) >= 11 is 0. The topological polar surface area (TPSA) is 40.5 Å². The van der Waals surface area contributed by atoms with Gasteiger partial charge >= 0.3 is 0 Å². The molecule has 0 radical (unpaired) electrons. The van der Waals surface area contributed by atoms with Gasteiger partial charge in [0.1, 0.15) is 5.60 Å². The van der Waals surface area contributed by atoms with Crippen molar-refractivity contribution in [1.82, 2.24) is 0 Å². The molecule has 2 N–H and O–H groups in total. The van der Waals surface area contributed by atoms with E-state index in [0.29, 0.717) is 17.8 Å². The predicted molar refractivity (Wildman–Crippen MR) is 86.9 cm³/mol. The molecule has 0 aliphatic heterocycles. The fourth-order valence-corrected chi connectivity index (χ4v) is 7.34. The van der Waals surface area contributed by atoms with Gasteiger partial charge in [-0.05, 0) is 85.9 Å². The molecule has 0 aromatic rings. The fraction of sp³-hybridized carbons (Fsp3) is 0.900. The average molecular weight is 302 g/mol. The maximum Gasteiger partial charge on any atom is 0.126 e. The van der Waals surface area contributed by atoms with Crippen LogP contribution in [0.25, 0.3) is 0 Å². The Kier molecular flexibility index (Phi) is 3.09. The molecule has 4 aliphatic carbocycles. The van der Waals surface area contributed by atoms with Gasteiger partial charge in [-0.2, -0.15) is 0 Å². The van der Waals surface area contributed by atoms with E-state index in [0.717, 1.165) is 31.6 Å². The monoisotopic (exact) mass is 302 g/mol. The van der Waals surface area contributed by atoms with Gasteiger partial charge in [-0.1, -0.05) is 19.8 Å². The van der Waals surface area contributed by atoms with Crippen LogP contribution in [0, 0.1) is 46.8 Å². The van der Waals surface area contributed by atoms with Gasteiger partial charge in [-0.25, -0.2) is 0 Å². The molecular weight excluding hydrogens is 272 g/mol. The molecule has 0 amide bonds. The Balaban J connectivity index is 1.66. The van der Waals surface area contributed by atoms with Crippen molar-refractivity contribution in [3.63, 3.8) is 0 Å². The summed E-state index contributed by atoms with van der Waals surface area (Å²) in [4.78, 5) is 0. The SMILES string of the molecule is C#C[C@@]1(O)CC2CCC3C(CCC4(C)C3CC[C@@H]4O)C2(C)C1. The zero-order valence-electron chi connectivity index (χ0n) is 14.0. The molecule has 4 aliphatic rings. The molecule has 4 fully saturated rings. The second-order valence-electron chi connectivity index (χ2n) is 9.35. The number of hydrogen-bond acceptors (Lipinski definition) is 2. The van der Waals surface area contributed by atoms with E-state index in [1.54, 1.807) is 0 Å². The Morgan fingerprint density at radius 2 is 1.73 bits per heavy atom. The minimum atomic E-state index is -0.871. The average Bonchev–Trinajstić information content (AvgIpc) is 2.93. The minimum Gasteiger partial charge on any atom is -0.393 e. The van der Waals surface area contributed by atoms with E-state index >= 15 is 0 Å². The van der Waals surface area contributed by atoms with Crippen molar-refractivity contribution in [3.8, 4) is 12.3 Å². The number of aliphatic hydroxyl groups is 2. The summed E-state index contributed by atoms with van der Waals surface area (Å²) in [5, 5.41) is 21.2. The molecule has 6 unspecified atom stereocenters. The molecule has 4 saturated carbocycles. The van der Waals surface area contributed by atoms with Crippen LogP contribution in [0.2, 0.25) is 0 Å². The highest BCUT2D eigenvalue weighted by Gasteiger charge is 2.63. The van der Waals surface area contributed by atoms with Crippen molar-refractivity contribution in [2.75, 3.05) is 0 Å². The zero-order chi connectivity index (χ0) is 15.8. The minimum absolute atomic E-state index is 0.102. The van der Waals surface area contributed by atoms with Crippen LogP contribution in [0.1, 0.15) is 65.2 Å². The summed E-state index contributed by atoms with van der Waals surface area (Å²) in [6.45, 7) is 4.73. The highest BCUT2D eigenvalue weighted by atomic mass is 16.3. The van der Waals surface area contributed by atoms with E-state index in [2.05, 4.69) is 19.8 Å². The van der Waals surface area contributed by atoms with Crippen LogP contribution in [-0.2, 0) is 0 Å². The van der Waals surface area contributed by atoms with E-state index in [9.17, 15) is 10.2 Å². The van der Waals surface area contributed by atoms with Gasteiger partial charge in [0.25, 0.3) is 0 Å². The van der Waals surface area contributed by atoms with Gasteiger partial charge < -0.3 is 10.2 Å². The number of hydrogen-bond donors (Lipinski definition) is 2. The second kappa shape index (κ2) is 4.52. The van der Waals surface area contributed by atoms with Crippen LogP contribution in [0.5, 0.6) is 0 Å². The smallest absolute Gasteiger partial charge is 0.126 e. The van der Waals surface area contributed by atoms with E-state index in [1.807, 2.05) is 0 Å². The molecule has 122 valence electrons. The van der Waals surface area contributed by atoms with Crippen molar-refractivity contribution in [3.05, 3.63) is 0 Å².